The van der Waals surface area contributed by atoms with Gasteiger partial charge in [-0.05, 0) is 109 Å². The summed E-state index contributed by atoms with van der Waals surface area (Å²) in [4.78, 5) is 12.6. The van der Waals surface area contributed by atoms with Crippen LogP contribution in [0.15, 0.2) is 88.9 Å². The Labute approximate surface area is 220 Å². The number of carbonyl (C=O) groups excluding carboxylic acids is 1. The van der Waals surface area contributed by atoms with Gasteiger partial charge in [-0.1, -0.05) is 48.5 Å². The van der Waals surface area contributed by atoms with Gasteiger partial charge in [0.2, 0.25) is 0 Å². The lowest BCUT2D eigenvalue weighted by Crippen LogP contribution is -2.13. The van der Waals surface area contributed by atoms with Gasteiger partial charge in [-0.15, -0.1) is 0 Å². The van der Waals surface area contributed by atoms with E-state index in [1.54, 1.807) is 12.1 Å². The molecule has 0 aliphatic carbocycles. The molecule has 0 spiro atoms. The summed E-state index contributed by atoms with van der Waals surface area (Å²) in [7, 11) is 0. The van der Waals surface area contributed by atoms with Gasteiger partial charge in [-0.3, -0.25) is 4.79 Å². The molecular formula is C28H20BrIN2O2. The number of hydrogen-bond donors (Lipinski definition) is 1. The van der Waals surface area contributed by atoms with Crippen molar-refractivity contribution in [1.82, 2.24) is 0 Å². The van der Waals surface area contributed by atoms with Crippen molar-refractivity contribution in [3.05, 3.63) is 109 Å². The number of ether oxygens (including phenoxy) is 1. The van der Waals surface area contributed by atoms with Crippen LogP contribution in [-0.2, 0) is 11.4 Å². The van der Waals surface area contributed by atoms with Gasteiger partial charge >= 0.3 is 0 Å². The predicted octanol–water partition coefficient (Wildman–Crippen LogP) is 7.64. The third-order valence-electron chi connectivity index (χ3n) is 5.17. The first-order valence-corrected chi connectivity index (χ1v) is 12.4. The molecule has 0 atom stereocenters. The maximum atomic E-state index is 12.6. The Kier molecular flexibility index (Phi) is 7.66. The van der Waals surface area contributed by atoms with Crippen LogP contribution in [-0.4, -0.2) is 5.91 Å². The normalized spacial score (nSPS) is 11.2. The van der Waals surface area contributed by atoms with E-state index in [4.69, 9.17) is 4.74 Å². The summed E-state index contributed by atoms with van der Waals surface area (Å²) < 4.78 is 7.73. The quantitative estimate of drug-likeness (QED) is 0.137. The van der Waals surface area contributed by atoms with Crippen LogP contribution >= 0.6 is 38.5 Å². The highest BCUT2D eigenvalue weighted by molar-refractivity contribution is 14.1. The molecule has 0 aliphatic heterocycles. The van der Waals surface area contributed by atoms with Crippen LogP contribution < -0.4 is 10.1 Å². The molecule has 34 heavy (non-hydrogen) atoms. The van der Waals surface area contributed by atoms with Crippen molar-refractivity contribution in [2.24, 2.45) is 0 Å². The summed E-state index contributed by atoms with van der Waals surface area (Å²) in [6.07, 6.45) is 1.57. The van der Waals surface area contributed by atoms with Crippen molar-refractivity contribution in [1.29, 1.82) is 5.26 Å². The molecule has 0 aromatic heterocycles. The van der Waals surface area contributed by atoms with Crippen molar-refractivity contribution < 1.29 is 9.53 Å². The number of halogens is 2. The fourth-order valence-corrected chi connectivity index (χ4v) is 5.29. The molecule has 0 bridgehead atoms. The fraction of sp³-hybridized carbons (Fsp3) is 0.0714. The number of hydrogen-bond acceptors (Lipinski definition) is 3. The minimum atomic E-state index is -0.448. The first-order chi connectivity index (χ1) is 16.4. The second-order valence-electron chi connectivity index (χ2n) is 7.78. The zero-order valence-corrected chi connectivity index (χ0v) is 22.1. The van der Waals surface area contributed by atoms with E-state index in [1.807, 2.05) is 55.5 Å². The van der Waals surface area contributed by atoms with E-state index in [-0.39, 0.29) is 5.57 Å². The Morgan fingerprint density at radius 1 is 1.06 bits per heavy atom. The summed E-state index contributed by atoms with van der Waals surface area (Å²) in [6.45, 7) is 2.37. The predicted molar refractivity (Wildman–Crippen MR) is 149 cm³/mol. The summed E-state index contributed by atoms with van der Waals surface area (Å²) in [5.41, 5.74) is 3.50. The third kappa shape index (κ3) is 5.85. The number of nitrogens with one attached hydrogen (secondary N) is 1. The molecule has 0 saturated heterocycles. The molecule has 0 heterocycles. The lowest BCUT2D eigenvalue weighted by molar-refractivity contribution is -0.112. The first kappa shape index (κ1) is 24.0. The number of amides is 1. The number of fused-ring (bicyclic) bond motifs is 1. The highest BCUT2D eigenvalue weighted by Gasteiger charge is 2.13. The number of benzene rings is 4. The summed E-state index contributed by atoms with van der Waals surface area (Å²) in [5, 5.41) is 14.7. The lowest BCUT2D eigenvalue weighted by atomic mass is 10.1. The summed E-state index contributed by atoms with van der Waals surface area (Å²) in [5.74, 6) is 0.268. The van der Waals surface area contributed by atoms with Crippen molar-refractivity contribution in [2.45, 2.75) is 13.5 Å². The molecular weight excluding hydrogens is 603 g/mol. The van der Waals surface area contributed by atoms with Gasteiger partial charge in [0.15, 0.2) is 0 Å². The van der Waals surface area contributed by atoms with Gasteiger partial charge in [-0.2, -0.15) is 5.26 Å². The summed E-state index contributed by atoms with van der Waals surface area (Å²) in [6, 6.07) is 27.7. The minimum absolute atomic E-state index is 0.0223. The number of aryl methyl sites for hydroxylation is 1. The lowest BCUT2D eigenvalue weighted by Gasteiger charge is -2.12. The van der Waals surface area contributed by atoms with Gasteiger partial charge < -0.3 is 10.1 Å². The Morgan fingerprint density at radius 3 is 2.59 bits per heavy atom. The van der Waals surface area contributed by atoms with Gasteiger partial charge in [0.1, 0.15) is 24.0 Å². The average Bonchev–Trinajstić information content (AvgIpc) is 2.82. The van der Waals surface area contributed by atoms with Crippen LogP contribution in [0.4, 0.5) is 5.69 Å². The molecule has 0 radical (unpaired) electrons. The molecule has 6 heteroatoms. The van der Waals surface area contributed by atoms with Crippen LogP contribution in [0.5, 0.6) is 5.75 Å². The number of carbonyl (C=O) groups is 1. The van der Waals surface area contributed by atoms with E-state index in [9.17, 15) is 10.1 Å². The SMILES string of the molecule is Cc1cccc(NC(=O)/C(C#N)=C\c2cc(Br)c(OCc3ccc4ccccc4c3)c(I)c2)c1. The zero-order valence-electron chi connectivity index (χ0n) is 18.3. The molecule has 0 saturated carbocycles. The monoisotopic (exact) mass is 622 g/mol. The molecule has 4 aromatic rings. The molecule has 0 fully saturated rings. The molecule has 1 amide bonds. The van der Waals surface area contributed by atoms with Gasteiger partial charge in [-0.25, -0.2) is 0 Å². The topological polar surface area (TPSA) is 62.1 Å². The van der Waals surface area contributed by atoms with E-state index in [0.29, 0.717) is 18.0 Å². The number of nitrogens with zero attached hydrogens (tertiary/aromatic N) is 1. The van der Waals surface area contributed by atoms with Crippen LogP contribution in [0.2, 0.25) is 0 Å². The van der Waals surface area contributed by atoms with Crippen LogP contribution in [0.25, 0.3) is 16.8 Å². The largest absolute Gasteiger partial charge is 0.487 e. The highest BCUT2D eigenvalue weighted by atomic mass is 127. The van der Waals surface area contributed by atoms with Crippen molar-refractivity contribution in [3.8, 4) is 11.8 Å². The van der Waals surface area contributed by atoms with Gasteiger partial charge in [0, 0.05) is 5.69 Å². The molecule has 0 unspecified atom stereocenters. The molecule has 4 nitrogen and oxygen atoms in total. The van der Waals surface area contributed by atoms with Crippen molar-refractivity contribution in [3.63, 3.8) is 0 Å². The number of rotatable bonds is 6. The summed E-state index contributed by atoms with van der Waals surface area (Å²) >= 11 is 5.78. The fourth-order valence-electron chi connectivity index (χ4n) is 3.52. The van der Waals surface area contributed by atoms with E-state index in [2.05, 4.69) is 74.2 Å². The van der Waals surface area contributed by atoms with Gasteiger partial charge in [0.25, 0.3) is 5.91 Å². The second kappa shape index (κ2) is 10.9. The van der Waals surface area contributed by atoms with Crippen molar-refractivity contribution in [2.75, 3.05) is 5.32 Å². The van der Waals surface area contributed by atoms with Crippen LogP contribution in [0.1, 0.15) is 16.7 Å². The number of anilines is 1. The standard InChI is InChI=1S/C28H20BrIN2O2/c1-18-5-4-8-24(11-18)32-28(33)23(16-31)13-20-14-25(29)27(26(30)15-20)34-17-19-9-10-21-6-2-3-7-22(21)12-19/h2-15H,17H2,1H3,(H,32,33)/b23-13-. The third-order valence-corrected chi connectivity index (χ3v) is 6.56. The van der Waals surface area contributed by atoms with Crippen LogP contribution in [0.3, 0.4) is 0 Å². The molecule has 4 rings (SSSR count). The van der Waals surface area contributed by atoms with Gasteiger partial charge in [0.05, 0.1) is 8.04 Å². The number of nitriles is 1. The highest BCUT2D eigenvalue weighted by Crippen LogP contribution is 2.33. The molecule has 1 N–H and O–H groups in total. The maximum absolute atomic E-state index is 12.6. The average molecular weight is 623 g/mol. The Bertz CT molecular complexity index is 1430. The Morgan fingerprint density at radius 2 is 1.85 bits per heavy atom. The molecule has 168 valence electrons. The van der Waals surface area contributed by atoms with Crippen LogP contribution in [0, 0.1) is 21.8 Å². The van der Waals surface area contributed by atoms with E-state index < -0.39 is 5.91 Å². The minimum Gasteiger partial charge on any atom is -0.487 e. The smallest absolute Gasteiger partial charge is 0.266 e. The maximum Gasteiger partial charge on any atom is 0.266 e. The van der Waals surface area contributed by atoms with E-state index in [1.165, 1.54) is 10.8 Å². The Hall–Kier alpha value is -3.15. The first-order valence-electron chi connectivity index (χ1n) is 10.5. The van der Waals surface area contributed by atoms with E-state index in [0.717, 1.165) is 24.7 Å². The second-order valence-corrected chi connectivity index (χ2v) is 9.79. The molecule has 4 aromatic carbocycles. The molecule has 0 aliphatic rings. The van der Waals surface area contributed by atoms with Crippen molar-refractivity contribution >= 4 is 67.0 Å². The zero-order chi connectivity index (χ0) is 24.1. The Balaban J connectivity index is 1.50. The van der Waals surface area contributed by atoms with E-state index >= 15 is 0 Å².